The Morgan fingerprint density at radius 3 is 2.96 bits per heavy atom. The van der Waals surface area contributed by atoms with Crippen LogP contribution in [0.15, 0.2) is 30.3 Å². The molecule has 1 aromatic carbocycles. The maximum absolute atomic E-state index is 12.5. The molecule has 1 atom stereocenters. The van der Waals surface area contributed by atoms with Gasteiger partial charge in [-0.15, -0.1) is 0 Å². The van der Waals surface area contributed by atoms with E-state index in [4.69, 9.17) is 9.47 Å². The topological polar surface area (TPSA) is 65.4 Å². The minimum Gasteiger partial charge on any atom is -0.489 e. The van der Waals surface area contributed by atoms with E-state index in [9.17, 15) is 4.79 Å². The largest absolute Gasteiger partial charge is 0.489 e. The number of carbonyl (C=O) groups is 1. The summed E-state index contributed by atoms with van der Waals surface area (Å²) in [6, 6.07) is 9.20. The summed E-state index contributed by atoms with van der Waals surface area (Å²) in [6.07, 6.45) is 3.43. The lowest BCUT2D eigenvalue weighted by Gasteiger charge is -2.23. The highest BCUT2D eigenvalue weighted by molar-refractivity contribution is 6.03. The molecule has 0 bridgehead atoms. The molecule has 0 radical (unpaired) electrons. The third kappa shape index (κ3) is 3.94. The predicted molar refractivity (Wildman–Crippen MR) is 91.4 cm³/mol. The lowest BCUT2D eigenvalue weighted by molar-refractivity contribution is -0.0109. The number of hydrogen-bond acceptors (Lipinski definition) is 4. The van der Waals surface area contributed by atoms with Gasteiger partial charge in [0.25, 0.3) is 5.91 Å². The van der Waals surface area contributed by atoms with Crippen molar-refractivity contribution in [2.75, 3.05) is 18.5 Å². The van der Waals surface area contributed by atoms with Crippen molar-refractivity contribution in [1.82, 2.24) is 9.78 Å². The summed E-state index contributed by atoms with van der Waals surface area (Å²) < 4.78 is 13.1. The van der Waals surface area contributed by atoms with E-state index in [1.807, 2.05) is 31.2 Å². The van der Waals surface area contributed by atoms with Crippen LogP contribution in [0, 0.1) is 6.92 Å². The van der Waals surface area contributed by atoms with E-state index in [2.05, 4.69) is 10.4 Å². The molecule has 1 aliphatic rings. The van der Waals surface area contributed by atoms with Crippen molar-refractivity contribution in [2.45, 2.75) is 32.3 Å². The summed E-state index contributed by atoms with van der Waals surface area (Å²) in [5.41, 5.74) is 1.97. The molecular weight excluding hydrogens is 306 g/mol. The van der Waals surface area contributed by atoms with Crippen LogP contribution in [0.2, 0.25) is 0 Å². The molecule has 6 nitrogen and oxygen atoms in total. The van der Waals surface area contributed by atoms with Crippen LogP contribution in [0.3, 0.4) is 0 Å². The molecule has 1 fully saturated rings. The molecule has 1 aromatic heterocycles. The SMILES string of the molecule is Cc1cc(C(=O)Nc2ccccc2OC[C@H]2CCCCO2)n(C)n1. The van der Waals surface area contributed by atoms with E-state index in [0.29, 0.717) is 23.7 Å². The van der Waals surface area contributed by atoms with Gasteiger partial charge in [-0.25, -0.2) is 0 Å². The molecule has 2 heterocycles. The van der Waals surface area contributed by atoms with Crippen LogP contribution in [0.4, 0.5) is 5.69 Å². The van der Waals surface area contributed by atoms with E-state index in [0.717, 1.165) is 25.1 Å². The van der Waals surface area contributed by atoms with Gasteiger partial charge in [0.2, 0.25) is 0 Å². The summed E-state index contributed by atoms with van der Waals surface area (Å²) in [7, 11) is 1.75. The molecule has 1 N–H and O–H groups in total. The Kier molecular flexibility index (Phi) is 5.15. The van der Waals surface area contributed by atoms with Gasteiger partial charge in [0, 0.05) is 13.7 Å². The number of benzene rings is 1. The minimum atomic E-state index is -0.205. The molecule has 3 rings (SSSR count). The molecule has 1 aliphatic heterocycles. The molecule has 0 spiro atoms. The number of aromatic nitrogens is 2. The Bertz CT molecular complexity index is 705. The van der Waals surface area contributed by atoms with Crippen LogP contribution >= 0.6 is 0 Å². The number of aryl methyl sites for hydroxylation is 2. The first-order valence-electron chi connectivity index (χ1n) is 8.29. The van der Waals surface area contributed by atoms with Crippen LogP contribution in [-0.2, 0) is 11.8 Å². The van der Waals surface area contributed by atoms with E-state index < -0.39 is 0 Å². The number of hydrogen-bond donors (Lipinski definition) is 1. The molecule has 6 heteroatoms. The van der Waals surface area contributed by atoms with Crippen molar-refractivity contribution >= 4 is 11.6 Å². The number of nitrogens with one attached hydrogen (secondary N) is 1. The van der Waals surface area contributed by atoms with E-state index in [-0.39, 0.29) is 12.0 Å². The first kappa shape index (κ1) is 16.5. The quantitative estimate of drug-likeness (QED) is 0.916. The fourth-order valence-electron chi connectivity index (χ4n) is 2.83. The zero-order valence-electron chi connectivity index (χ0n) is 14.1. The highest BCUT2D eigenvalue weighted by Crippen LogP contribution is 2.25. The third-order valence-electron chi connectivity index (χ3n) is 4.07. The molecule has 1 amide bonds. The zero-order chi connectivity index (χ0) is 16.9. The van der Waals surface area contributed by atoms with Crippen LogP contribution in [-0.4, -0.2) is 35.0 Å². The summed E-state index contributed by atoms with van der Waals surface area (Å²) >= 11 is 0. The number of ether oxygens (including phenoxy) is 2. The van der Waals surface area contributed by atoms with E-state index >= 15 is 0 Å². The highest BCUT2D eigenvalue weighted by Gasteiger charge is 2.17. The van der Waals surface area contributed by atoms with E-state index in [1.54, 1.807) is 17.8 Å². The monoisotopic (exact) mass is 329 g/mol. The van der Waals surface area contributed by atoms with Crippen LogP contribution in [0.1, 0.15) is 35.4 Å². The molecular formula is C18H23N3O3. The van der Waals surface area contributed by atoms with Crippen molar-refractivity contribution < 1.29 is 14.3 Å². The number of anilines is 1. The Labute approximate surface area is 141 Å². The van der Waals surface area contributed by atoms with Gasteiger partial charge in [0.1, 0.15) is 18.1 Å². The molecule has 128 valence electrons. The van der Waals surface area contributed by atoms with Gasteiger partial charge in [-0.2, -0.15) is 5.10 Å². The standard InChI is InChI=1S/C18H23N3O3/c1-13-11-16(21(2)20-13)18(22)19-15-8-3-4-9-17(15)24-12-14-7-5-6-10-23-14/h3-4,8-9,11,14H,5-7,10,12H2,1-2H3,(H,19,22)/t14-/m1/s1. The van der Waals surface area contributed by atoms with Gasteiger partial charge in [-0.05, 0) is 44.4 Å². The number of rotatable bonds is 5. The Balaban J connectivity index is 1.67. The fraction of sp³-hybridized carbons (Fsp3) is 0.444. The third-order valence-corrected chi connectivity index (χ3v) is 4.07. The summed E-state index contributed by atoms with van der Waals surface area (Å²) in [4.78, 5) is 12.5. The van der Waals surface area contributed by atoms with Crippen molar-refractivity contribution in [1.29, 1.82) is 0 Å². The second kappa shape index (κ2) is 7.49. The van der Waals surface area contributed by atoms with Crippen molar-refractivity contribution in [3.63, 3.8) is 0 Å². The molecule has 1 saturated heterocycles. The summed E-state index contributed by atoms with van der Waals surface area (Å²) in [5.74, 6) is 0.446. The maximum atomic E-state index is 12.5. The number of nitrogens with zero attached hydrogens (tertiary/aromatic N) is 2. The maximum Gasteiger partial charge on any atom is 0.274 e. The zero-order valence-corrected chi connectivity index (χ0v) is 14.1. The molecule has 0 aliphatic carbocycles. The Hall–Kier alpha value is -2.34. The minimum absolute atomic E-state index is 0.127. The first-order valence-corrected chi connectivity index (χ1v) is 8.29. The summed E-state index contributed by atoms with van der Waals surface area (Å²) in [5, 5.41) is 7.10. The van der Waals surface area contributed by atoms with E-state index in [1.165, 1.54) is 6.42 Å². The lowest BCUT2D eigenvalue weighted by atomic mass is 10.1. The molecule has 2 aromatic rings. The Morgan fingerprint density at radius 1 is 1.42 bits per heavy atom. The number of amides is 1. The second-order valence-electron chi connectivity index (χ2n) is 6.04. The van der Waals surface area contributed by atoms with Gasteiger partial charge in [-0.1, -0.05) is 12.1 Å². The van der Waals surface area contributed by atoms with Gasteiger partial charge in [0.05, 0.1) is 17.5 Å². The Morgan fingerprint density at radius 2 is 2.25 bits per heavy atom. The number of para-hydroxylation sites is 2. The second-order valence-corrected chi connectivity index (χ2v) is 6.04. The van der Waals surface area contributed by atoms with Crippen molar-refractivity contribution in [3.05, 3.63) is 41.7 Å². The number of carbonyl (C=O) groups excluding carboxylic acids is 1. The van der Waals surface area contributed by atoms with Gasteiger partial charge >= 0.3 is 0 Å². The molecule has 0 saturated carbocycles. The van der Waals surface area contributed by atoms with Crippen molar-refractivity contribution in [2.24, 2.45) is 7.05 Å². The predicted octanol–water partition coefficient (Wildman–Crippen LogP) is 2.93. The first-order chi connectivity index (χ1) is 11.6. The van der Waals surface area contributed by atoms with Gasteiger partial charge < -0.3 is 14.8 Å². The van der Waals surface area contributed by atoms with Crippen LogP contribution < -0.4 is 10.1 Å². The van der Waals surface area contributed by atoms with Crippen LogP contribution in [0.5, 0.6) is 5.75 Å². The highest BCUT2D eigenvalue weighted by atomic mass is 16.5. The fourth-order valence-corrected chi connectivity index (χ4v) is 2.83. The lowest BCUT2D eigenvalue weighted by Crippen LogP contribution is -2.26. The summed E-state index contributed by atoms with van der Waals surface area (Å²) in [6.45, 7) is 3.15. The molecule has 24 heavy (non-hydrogen) atoms. The average molecular weight is 329 g/mol. The molecule has 0 unspecified atom stereocenters. The normalized spacial score (nSPS) is 17.5. The van der Waals surface area contributed by atoms with Gasteiger partial charge in [0.15, 0.2) is 0 Å². The van der Waals surface area contributed by atoms with Gasteiger partial charge in [-0.3, -0.25) is 9.48 Å². The average Bonchev–Trinajstić information content (AvgIpc) is 2.93. The van der Waals surface area contributed by atoms with Crippen LogP contribution in [0.25, 0.3) is 0 Å². The van der Waals surface area contributed by atoms with Crippen molar-refractivity contribution in [3.8, 4) is 5.75 Å². The smallest absolute Gasteiger partial charge is 0.274 e.